The Bertz CT molecular complexity index is 801. The average molecular weight is 368 g/mol. The maximum Gasteiger partial charge on any atom is 0.225 e. The van der Waals surface area contributed by atoms with Crippen molar-refractivity contribution in [1.29, 1.82) is 0 Å². The van der Waals surface area contributed by atoms with Crippen LogP contribution in [0.5, 0.6) is 5.75 Å². The summed E-state index contributed by atoms with van der Waals surface area (Å²) in [6.45, 7) is 6.38. The van der Waals surface area contributed by atoms with Gasteiger partial charge in [0.15, 0.2) is 0 Å². The van der Waals surface area contributed by atoms with Gasteiger partial charge in [0.2, 0.25) is 11.9 Å². The highest BCUT2D eigenvalue weighted by atomic mass is 16.5. The molecule has 0 bridgehead atoms. The van der Waals surface area contributed by atoms with Gasteiger partial charge in [0.25, 0.3) is 0 Å². The molecule has 6 nitrogen and oxygen atoms in total. The summed E-state index contributed by atoms with van der Waals surface area (Å²) in [5.41, 5.74) is 3.78. The van der Waals surface area contributed by atoms with E-state index in [1.54, 1.807) is 7.11 Å². The van der Waals surface area contributed by atoms with E-state index in [1.807, 2.05) is 38.1 Å². The number of anilines is 1. The monoisotopic (exact) mass is 368 g/mol. The van der Waals surface area contributed by atoms with Crippen molar-refractivity contribution in [2.75, 3.05) is 25.1 Å². The number of amides is 1. The summed E-state index contributed by atoms with van der Waals surface area (Å²) in [4.78, 5) is 23.8. The summed E-state index contributed by atoms with van der Waals surface area (Å²) in [5, 5.41) is 2.97. The summed E-state index contributed by atoms with van der Waals surface area (Å²) >= 11 is 0. The van der Waals surface area contributed by atoms with Crippen LogP contribution in [-0.4, -0.2) is 36.1 Å². The SMILES string of the molecule is COc1ccc(CC(=O)NCc2cc(C)nc(N3CCCCC3)n2)cc1C. The molecule has 1 aliphatic heterocycles. The van der Waals surface area contributed by atoms with Crippen molar-refractivity contribution in [1.82, 2.24) is 15.3 Å². The Kier molecular flexibility index (Phi) is 6.27. The average Bonchev–Trinajstić information content (AvgIpc) is 2.67. The van der Waals surface area contributed by atoms with Gasteiger partial charge in [-0.15, -0.1) is 0 Å². The largest absolute Gasteiger partial charge is 0.496 e. The van der Waals surface area contributed by atoms with Gasteiger partial charge in [0, 0.05) is 18.8 Å². The van der Waals surface area contributed by atoms with Crippen LogP contribution >= 0.6 is 0 Å². The number of hydrogen-bond donors (Lipinski definition) is 1. The Balaban J connectivity index is 1.59. The molecule has 1 saturated heterocycles. The summed E-state index contributed by atoms with van der Waals surface area (Å²) in [5.74, 6) is 1.60. The van der Waals surface area contributed by atoms with Crippen LogP contribution in [-0.2, 0) is 17.8 Å². The first-order chi connectivity index (χ1) is 13.0. The lowest BCUT2D eigenvalue weighted by molar-refractivity contribution is -0.120. The molecule has 1 aromatic carbocycles. The first-order valence-electron chi connectivity index (χ1n) is 9.55. The lowest BCUT2D eigenvalue weighted by Gasteiger charge is -2.27. The molecule has 1 aliphatic rings. The third-order valence-electron chi connectivity index (χ3n) is 4.82. The maximum atomic E-state index is 12.3. The van der Waals surface area contributed by atoms with Crippen LogP contribution in [0.25, 0.3) is 0 Å². The van der Waals surface area contributed by atoms with Gasteiger partial charge in [-0.1, -0.05) is 12.1 Å². The predicted octanol–water partition coefficient (Wildman–Crippen LogP) is 2.95. The van der Waals surface area contributed by atoms with Crippen molar-refractivity contribution in [3.63, 3.8) is 0 Å². The van der Waals surface area contributed by atoms with Crippen molar-refractivity contribution in [2.45, 2.75) is 46.1 Å². The number of carbonyl (C=O) groups excluding carboxylic acids is 1. The second-order valence-electron chi connectivity index (χ2n) is 7.11. The molecule has 0 aliphatic carbocycles. The zero-order chi connectivity index (χ0) is 19.2. The van der Waals surface area contributed by atoms with E-state index in [2.05, 4.69) is 20.2 Å². The molecule has 1 aromatic heterocycles. The summed E-state index contributed by atoms with van der Waals surface area (Å²) in [6, 6.07) is 7.75. The number of nitrogens with one attached hydrogen (secondary N) is 1. The van der Waals surface area contributed by atoms with E-state index in [1.165, 1.54) is 19.3 Å². The van der Waals surface area contributed by atoms with Gasteiger partial charge in [0.05, 0.1) is 25.8 Å². The van der Waals surface area contributed by atoms with E-state index >= 15 is 0 Å². The van der Waals surface area contributed by atoms with E-state index in [9.17, 15) is 4.79 Å². The van der Waals surface area contributed by atoms with Crippen LogP contribution in [0, 0.1) is 13.8 Å². The second kappa shape index (κ2) is 8.84. The Labute approximate surface area is 161 Å². The van der Waals surface area contributed by atoms with Crippen molar-refractivity contribution in [2.24, 2.45) is 0 Å². The predicted molar refractivity (Wildman–Crippen MR) is 106 cm³/mol. The Morgan fingerprint density at radius 2 is 1.93 bits per heavy atom. The molecule has 2 aromatic rings. The van der Waals surface area contributed by atoms with Crippen LogP contribution < -0.4 is 15.0 Å². The number of hydrogen-bond acceptors (Lipinski definition) is 5. The van der Waals surface area contributed by atoms with E-state index in [-0.39, 0.29) is 5.91 Å². The number of methoxy groups -OCH3 is 1. The number of carbonyl (C=O) groups is 1. The first-order valence-corrected chi connectivity index (χ1v) is 9.55. The van der Waals surface area contributed by atoms with Crippen molar-refractivity contribution in [3.05, 3.63) is 46.8 Å². The van der Waals surface area contributed by atoms with E-state index < -0.39 is 0 Å². The molecule has 6 heteroatoms. The van der Waals surface area contributed by atoms with Gasteiger partial charge in [-0.2, -0.15) is 0 Å². The minimum atomic E-state index is -0.0182. The molecule has 0 unspecified atom stereocenters. The van der Waals surface area contributed by atoms with Crippen molar-refractivity contribution >= 4 is 11.9 Å². The highest BCUT2D eigenvalue weighted by Gasteiger charge is 2.15. The molecule has 1 N–H and O–H groups in total. The number of nitrogens with zero attached hydrogens (tertiary/aromatic N) is 3. The minimum absolute atomic E-state index is 0.0182. The molecule has 27 heavy (non-hydrogen) atoms. The van der Waals surface area contributed by atoms with Crippen LogP contribution in [0.3, 0.4) is 0 Å². The molecule has 0 saturated carbocycles. The molecule has 0 atom stereocenters. The summed E-state index contributed by atoms with van der Waals surface area (Å²) in [7, 11) is 1.65. The molecule has 3 rings (SSSR count). The number of rotatable bonds is 6. The third kappa shape index (κ3) is 5.18. The van der Waals surface area contributed by atoms with Gasteiger partial charge in [-0.05, 0) is 56.4 Å². The van der Waals surface area contributed by atoms with Crippen LogP contribution in [0.2, 0.25) is 0 Å². The highest BCUT2D eigenvalue weighted by molar-refractivity contribution is 5.78. The zero-order valence-corrected chi connectivity index (χ0v) is 16.4. The summed E-state index contributed by atoms with van der Waals surface area (Å²) in [6.07, 6.45) is 3.99. The standard InChI is InChI=1S/C21H28N4O2/c1-15-11-17(7-8-19(15)27-3)13-20(26)22-14-18-12-16(2)23-21(24-18)25-9-5-4-6-10-25/h7-8,11-12H,4-6,9-10,13-14H2,1-3H3,(H,22,26). The van der Waals surface area contributed by atoms with Crippen molar-refractivity contribution in [3.8, 4) is 5.75 Å². The van der Waals surface area contributed by atoms with Gasteiger partial charge in [-0.3, -0.25) is 4.79 Å². The van der Waals surface area contributed by atoms with Crippen molar-refractivity contribution < 1.29 is 9.53 Å². The van der Waals surface area contributed by atoms with Crippen LogP contribution in [0.4, 0.5) is 5.95 Å². The third-order valence-corrected chi connectivity index (χ3v) is 4.82. The second-order valence-corrected chi connectivity index (χ2v) is 7.11. The number of aromatic nitrogens is 2. The Morgan fingerprint density at radius 3 is 2.63 bits per heavy atom. The van der Waals surface area contributed by atoms with Gasteiger partial charge < -0.3 is 15.0 Å². The first kappa shape index (κ1) is 19.1. The molecule has 0 spiro atoms. The molecule has 1 fully saturated rings. The fourth-order valence-corrected chi connectivity index (χ4v) is 3.43. The Morgan fingerprint density at radius 1 is 1.15 bits per heavy atom. The van der Waals surface area contributed by atoms with Crippen LogP contribution in [0.1, 0.15) is 41.8 Å². The number of piperidine rings is 1. The molecular formula is C21H28N4O2. The highest BCUT2D eigenvalue weighted by Crippen LogP contribution is 2.19. The van der Waals surface area contributed by atoms with Gasteiger partial charge in [-0.25, -0.2) is 9.97 Å². The van der Waals surface area contributed by atoms with Gasteiger partial charge >= 0.3 is 0 Å². The topological polar surface area (TPSA) is 67.3 Å². The number of benzene rings is 1. The number of aryl methyl sites for hydroxylation is 2. The quantitative estimate of drug-likeness (QED) is 0.849. The normalized spacial score (nSPS) is 14.1. The lowest BCUT2D eigenvalue weighted by atomic mass is 10.1. The number of ether oxygens (including phenoxy) is 1. The Hall–Kier alpha value is -2.63. The van der Waals surface area contributed by atoms with E-state index in [0.717, 1.165) is 47.3 Å². The molecule has 0 radical (unpaired) electrons. The van der Waals surface area contributed by atoms with Crippen LogP contribution in [0.15, 0.2) is 24.3 Å². The molecule has 144 valence electrons. The summed E-state index contributed by atoms with van der Waals surface area (Å²) < 4.78 is 5.26. The molecular weight excluding hydrogens is 340 g/mol. The smallest absolute Gasteiger partial charge is 0.225 e. The molecule has 2 heterocycles. The lowest BCUT2D eigenvalue weighted by Crippen LogP contribution is -2.32. The van der Waals surface area contributed by atoms with Gasteiger partial charge in [0.1, 0.15) is 5.75 Å². The maximum absolute atomic E-state index is 12.3. The van der Waals surface area contributed by atoms with E-state index in [0.29, 0.717) is 13.0 Å². The zero-order valence-electron chi connectivity index (χ0n) is 16.4. The minimum Gasteiger partial charge on any atom is -0.496 e. The van der Waals surface area contributed by atoms with E-state index in [4.69, 9.17) is 4.74 Å². The fourth-order valence-electron chi connectivity index (χ4n) is 3.43. The fraction of sp³-hybridized carbons (Fsp3) is 0.476. The molecule has 1 amide bonds.